The van der Waals surface area contributed by atoms with Gasteiger partial charge >= 0.3 is 27.5 Å². The molecule has 0 aromatic rings. The van der Waals surface area contributed by atoms with Gasteiger partial charge in [0.15, 0.2) is 0 Å². The van der Waals surface area contributed by atoms with E-state index < -0.39 is 21.6 Å². The van der Waals surface area contributed by atoms with E-state index in [1.165, 1.54) is 0 Å². The molecule has 0 atom stereocenters. The number of hydrogen-bond donors (Lipinski definition) is 0. The molecule has 0 amide bonds. The first kappa shape index (κ1) is 17.2. The molecule has 0 bridgehead atoms. The van der Waals surface area contributed by atoms with Crippen LogP contribution in [-0.4, -0.2) is 0 Å². The van der Waals surface area contributed by atoms with E-state index in [-0.39, 0.29) is 0 Å². The Bertz CT molecular complexity index is 35.4. The van der Waals surface area contributed by atoms with Crippen LogP contribution in [0.5, 0.6) is 0 Å². The second-order valence-corrected chi connectivity index (χ2v) is 1.13. The molecule has 0 aliphatic heterocycles. The van der Waals surface area contributed by atoms with Crippen LogP contribution in [-0.2, 0) is 27.5 Å². The molecule has 7 nitrogen and oxygen atoms in total. The van der Waals surface area contributed by atoms with E-state index in [2.05, 4.69) is 0 Å². The normalized spacial score (nSPS) is 7.80. The van der Waals surface area contributed by atoms with Gasteiger partial charge in [-0.15, -0.1) is 0 Å². The molecule has 0 saturated carbocycles. The number of halogens is 2. The summed E-state index contributed by atoms with van der Waals surface area (Å²) in [5.74, 6) is 0. The predicted molar refractivity (Wildman–Crippen MR) is 0.686 cm³/mol. The first-order chi connectivity index (χ1) is 4.46. The predicted octanol–water partition coefficient (Wildman–Crippen LogP) is -7.26. The number of rotatable bonds is 0. The van der Waals surface area contributed by atoms with Crippen molar-refractivity contribution in [2.24, 2.45) is 0 Å². The molecule has 0 rings (SSSR count). The molecular formula is Cl2O7Zr. The summed E-state index contributed by atoms with van der Waals surface area (Å²) in [5, 5.41) is 0. The molecule has 0 radical (unpaired) electrons. The Morgan fingerprint density at radius 3 is 0.700 bits per heavy atom. The van der Waals surface area contributed by atoms with Crippen LogP contribution in [0.25, 0.3) is 0 Å². The second kappa shape index (κ2) is 16.5. The zero-order chi connectivity index (χ0) is 9.15. The van der Waals surface area contributed by atoms with Crippen LogP contribution in [0.3, 0.4) is 0 Å². The molecule has 0 aliphatic carbocycles. The van der Waals surface area contributed by atoms with Crippen LogP contribution in [0.2, 0.25) is 0 Å². The van der Waals surface area contributed by atoms with Gasteiger partial charge in [0.2, 0.25) is 0 Å². The fraction of sp³-hybridized carbons (Fsp3) is 0. The van der Waals surface area contributed by atoms with Crippen molar-refractivity contribution < 1.29 is 77.1 Å². The van der Waals surface area contributed by atoms with Crippen molar-refractivity contribution in [3.8, 4) is 0 Å². The van der Waals surface area contributed by atoms with E-state index in [1.54, 1.807) is 0 Å². The van der Waals surface area contributed by atoms with Gasteiger partial charge in [-0.25, -0.2) is 0 Å². The first-order valence-electron chi connectivity index (χ1n) is 1.13. The summed E-state index contributed by atoms with van der Waals surface area (Å²) in [7, 11) is -5.70. The van der Waals surface area contributed by atoms with Crippen LogP contribution in [0, 0.1) is 21.6 Å². The van der Waals surface area contributed by atoms with E-state index in [9.17, 15) is 0 Å². The Kier molecular flexibility index (Phi) is 28.5. The molecule has 10 heavy (non-hydrogen) atoms. The molecule has 0 aromatic carbocycles. The van der Waals surface area contributed by atoms with Crippen LogP contribution in [0.1, 0.15) is 0 Å². The van der Waals surface area contributed by atoms with Gasteiger partial charge in [-0.05, 0) is 0 Å². The van der Waals surface area contributed by atoms with E-state index in [0.29, 0.717) is 24.7 Å². The molecule has 0 aromatic heterocycles. The fourth-order valence-electron chi connectivity index (χ4n) is 0. The van der Waals surface area contributed by atoms with Crippen molar-refractivity contribution in [1.82, 2.24) is 0 Å². The molecule has 0 N–H and O–H groups in total. The number of hydrogen-bond acceptors (Lipinski definition) is 7. The van der Waals surface area contributed by atoms with Gasteiger partial charge in [-0.1, -0.05) is 0 Å². The van der Waals surface area contributed by atoms with Crippen LogP contribution in [0.4, 0.5) is 0 Å². The van der Waals surface area contributed by atoms with Gasteiger partial charge in [0, 0.05) is 0 Å². The van der Waals surface area contributed by atoms with Gasteiger partial charge in [-0.3, -0.25) is 0 Å². The average molecular weight is 274 g/mol. The zero-order valence-corrected chi connectivity index (χ0v) is 8.08. The summed E-state index contributed by atoms with van der Waals surface area (Å²) in [6, 6.07) is 0. The monoisotopic (exact) mass is 272 g/mol. The van der Waals surface area contributed by atoms with Crippen molar-refractivity contribution in [2.45, 2.75) is 0 Å². The molecule has 10 heteroatoms. The quantitative estimate of drug-likeness (QED) is 0.424. The average Bonchev–Trinajstić information content (AvgIpc) is 1.66. The Morgan fingerprint density at radius 1 is 0.700 bits per heavy atom. The van der Waals surface area contributed by atoms with E-state index in [1.807, 2.05) is 0 Å². The van der Waals surface area contributed by atoms with Crippen molar-refractivity contribution in [3.63, 3.8) is 0 Å². The SMILES string of the molecule is [O-][Cl+2]([O-])[O-].[O-][Cl+2]([O-])[O-].[O]=[Zr+2]. The van der Waals surface area contributed by atoms with Crippen LogP contribution < -0.4 is 28.0 Å². The Hall–Kier alpha value is 1.02. The van der Waals surface area contributed by atoms with Crippen LogP contribution in [0.15, 0.2) is 0 Å². The minimum absolute atomic E-state index is 0.300. The van der Waals surface area contributed by atoms with Crippen molar-refractivity contribution >= 4 is 0 Å². The summed E-state index contributed by atoms with van der Waals surface area (Å²) < 4.78 is 58.8. The molecule has 0 aliphatic rings. The molecule has 0 heterocycles. The third kappa shape index (κ3) is 555. The standard InChI is InChI=1S/2ClO3.O.Zr/c2*2-1(3)4;;/q2*-1;;+2. The third-order valence-electron chi connectivity index (χ3n) is 0. The maximum absolute atomic E-state index is 8.41. The molecule has 60 valence electrons. The Labute approximate surface area is 77.0 Å². The summed E-state index contributed by atoms with van der Waals surface area (Å²) in [6.45, 7) is 0. The second-order valence-electron chi connectivity index (χ2n) is 0.378. The molecular weight excluding hydrogens is 274 g/mol. The zero-order valence-electron chi connectivity index (χ0n) is 4.11. The molecule has 0 fully saturated rings. The Morgan fingerprint density at radius 2 is 0.700 bits per heavy atom. The van der Waals surface area contributed by atoms with E-state index in [4.69, 9.17) is 30.8 Å². The summed E-state index contributed by atoms with van der Waals surface area (Å²) in [4.78, 5) is 0. The molecule has 0 spiro atoms. The Balaban J connectivity index is -0.0000000787. The molecule has 0 unspecified atom stereocenters. The third-order valence-corrected chi connectivity index (χ3v) is 0. The minimum atomic E-state index is -2.85. The summed E-state index contributed by atoms with van der Waals surface area (Å²) >= 11 is 0.300. The first-order valence-corrected chi connectivity index (χ1v) is 3.99. The van der Waals surface area contributed by atoms with Gasteiger partial charge in [0.25, 0.3) is 0 Å². The van der Waals surface area contributed by atoms with Gasteiger partial charge < -0.3 is 28.0 Å². The van der Waals surface area contributed by atoms with Gasteiger partial charge in [0.1, 0.15) is 0 Å². The van der Waals surface area contributed by atoms with Gasteiger partial charge in [-0.2, -0.15) is 0 Å². The van der Waals surface area contributed by atoms with Crippen LogP contribution >= 0.6 is 0 Å². The van der Waals surface area contributed by atoms with E-state index in [0.717, 1.165) is 0 Å². The molecule has 0 saturated heterocycles. The summed E-state index contributed by atoms with van der Waals surface area (Å²) in [5.41, 5.74) is 0. The van der Waals surface area contributed by atoms with Gasteiger partial charge in [0.05, 0.1) is 21.6 Å². The van der Waals surface area contributed by atoms with Crippen molar-refractivity contribution in [3.05, 3.63) is 0 Å². The maximum atomic E-state index is 8.41. The topological polar surface area (TPSA) is 155 Å². The van der Waals surface area contributed by atoms with E-state index >= 15 is 0 Å². The van der Waals surface area contributed by atoms with Crippen molar-refractivity contribution in [2.75, 3.05) is 0 Å². The fourth-order valence-corrected chi connectivity index (χ4v) is 0. The van der Waals surface area contributed by atoms with Crippen molar-refractivity contribution in [1.29, 1.82) is 0 Å². The summed E-state index contributed by atoms with van der Waals surface area (Å²) in [6.07, 6.45) is 0.